The van der Waals surface area contributed by atoms with E-state index in [0.29, 0.717) is 0 Å². The Balaban J connectivity index is 3.98. The van der Waals surface area contributed by atoms with E-state index in [1.807, 2.05) is 0 Å². The number of hydrogen-bond acceptors (Lipinski definition) is 0. The Bertz CT molecular complexity index is 65.7. The normalized spacial score (nSPS) is 12.6. The van der Waals surface area contributed by atoms with Crippen molar-refractivity contribution in [2.45, 2.75) is 52.0 Å². The van der Waals surface area contributed by atoms with E-state index in [9.17, 15) is 0 Å². The van der Waals surface area contributed by atoms with Gasteiger partial charge in [-0.3, -0.25) is 0 Å². The summed E-state index contributed by atoms with van der Waals surface area (Å²) in [5, 5.41) is 0. The maximum atomic E-state index is 2.42. The second-order valence-corrected chi connectivity index (χ2v) is 24.3. The van der Waals surface area contributed by atoms with Crippen LogP contribution in [0.4, 0.5) is 0 Å². The van der Waals surface area contributed by atoms with Crippen LogP contribution >= 0.6 is 0 Å². The molecule has 0 aromatic rings. The number of hydrogen-bond donors (Lipinski definition) is 0. The van der Waals surface area contributed by atoms with Gasteiger partial charge in [0.25, 0.3) is 0 Å². The molecule has 10 heavy (non-hydrogen) atoms. The molecule has 0 spiro atoms. The molecule has 0 aromatic carbocycles. The van der Waals surface area contributed by atoms with Crippen LogP contribution in [0.5, 0.6) is 0 Å². The predicted molar refractivity (Wildman–Crippen MR) is 52.4 cm³/mol. The SMILES string of the molecule is C[CH](C)[PbH]([CH](C)C)[CH](C)C. The minimum absolute atomic E-state index is 1.06. The number of rotatable bonds is 3. The molecule has 0 N–H and O–H groups in total. The molecule has 0 heterocycles. The van der Waals surface area contributed by atoms with Crippen molar-refractivity contribution in [3.05, 3.63) is 0 Å². The maximum absolute atomic E-state index is 2.42. The molecule has 0 atom stereocenters. The first-order valence-corrected chi connectivity index (χ1v) is 12.2. The molecule has 0 rings (SSSR count). The van der Waals surface area contributed by atoms with Crippen molar-refractivity contribution < 1.29 is 0 Å². The Hall–Kier alpha value is 0.922. The molecule has 1 heteroatoms. The molecule has 0 aliphatic rings. The van der Waals surface area contributed by atoms with Crippen molar-refractivity contribution >= 4 is 22.7 Å². The molecule has 62 valence electrons. The zero-order valence-electron chi connectivity index (χ0n) is 8.31. The van der Waals surface area contributed by atoms with Crippen LogP contribution in [-0.4, -0.2) is 22.7 Å². The van der Waals surface area contributed by atoms with E-state index < -0.39 is 22.7 Å². The van der Waals surface area contributed by atoms with Crippen LogP contribution in [0, 0.1) is 0 Å². The van der Waals surface area contributed by atoms with Gasteiger partial charge in [-0.2, -0.15) is 0 Å². The van der Waals surface area contributed by atoms with Crippen LogP contribution in [0.2, 0.25) is 10.4 Å². The van der Waals surface area contributed by atoms with E-state index in [4.69, 9.17) is 0 Å². The second kappa shape index (κ2) is 4.73. The predicted octanol–water partition coefficient (Wildman–Crippen LogP) is 3.44. The molecule has 0 amide bonds. The van der Waals surface area contributed by atoms with Crippen LogP contribution in [-0.2, 0) is 0 Å². The first-order valence-electron chi connectivity index (χ1n) is 4.46. The van der Waals surface area contributed by atoms with Crippen molar-refractivity contribution in [2.75, 3.05) is 0 Å². The van der Waals surface area contributed by atoms with Crippen molar-refractivity contribution in [2.24, 2.45) is 0 Å². The minimum atomic E-state index is -1.26. The third-order valence-corrected chi connectivity index (χ3v) is 20.3. The van der Waals surface area contributed by atoms with Crippen LogP contribution in [0.1, 0.15) is 41.5 Å². The Morgan fingerprint density at radius 2 is 0.800 bits per heavy atom. The molecule has 0 aliphatic carbocycles. The van der Waals surface area contributed by atoms with Gasteiger partial charge in [0.15, 0.2) is 0 Å². The van der Waals surface area contributed by atoms with Gasteiger partial charge in [0.05, 0.1) is 0 Å². The van der Waals surface area contributed by atoms with Crippen LogP contribution in [0.3, 0.4) is 0 Å². The van der Waals surface area contributed by atoms with Crippen LogP contribution in [0.25, 0.3) is 0 Å². The topological polar surface area (TPSA) is 0 Å². The van der Waals surface area contributed by atoms with Gasteiger partial charge in [-0.1, -0.05) is 0 Å². The fourth-order valence-corrected chi connectivity index (χ4v) is 20.3. The van der Waals surface area contributed by atoms with Gasteiger partial charge in [0.1, 0.15) is 0 Å². The van der Waals surface area contributed by atoms with Crippen molar-refractivity contribution in [3.8, 4) is 0 Å². The van der Waals surface area contributed by atoms with Gasteiger partial charge in [-0.05, 0) is 0 Å². The van der Waals surface area contributed by atoms with Crippen molar-refractivity contribution in [1.82, 2.24) is 0 Å². The molecule has 0 bridgehead atoms. The summed E-state index contributed by atoms with van der Waals surface area (Å²) in [5.41, 5.74) is 0. The quantitative estimate of drug-likeness (QED) is 0.692. The van der Waals surface area contributed by atoms with Gasteiger partial charge in [-0.15, -0.1) is 0 Å². The van der Waals surface area contributed by atoms with E-state index in [-0.39, 0.29) is 0 Å². The summed E-state index contributed by atoms with van der Waals surface area (Å²) >= 11 is -1.26. The molecule has 0 radical (unpaired) electrons. The first-order chi connectivity index (χ1) is 4.46. The average molecular weight is 337 g/mol. The van der Waals surface area contributed by atoms with Gasteiger partial charge in [-0.25, -0.2) is 0 Å². The van der Waals surface area contributed by atoms with Gasteiger partial charge >= 0.3 is 74.7 Å². The fraction of sp³-hybridized carbons (Fsp3) is 1.00. The molecule has 0 saturated heterocycles. The molecule has 0 unspecified atom stereocenters. The molecule has 0 aromatic heterocycles. The molecule has 0 fully saturated rings. The standard InChI is InChI=1S/3C3H7.Pb.H/c3*1-3-2;;/h3*3H,1-2H3;;. The Labute approximate surface area is 74.5 Å². The van der Waals surface area contributed by atoms with E-state index in [0.717, 1.165) is 10.4 Å². The zero-order valence-corrected chi connectivity index (χ0v) is 12.8. The summed E-state index contributed by atoms with van der Waals surface area (Å²) in [4.78, 5) is 0. The Kier molecular flexibility index (Phi) is 5.17. The summed E-state index contributed by atoms with van der Waals surface area (Å²) in [5.74, 6) is 0. The molecule has 0 nitrogen and oxygen atoms in total. The summed E-state index contributed by atoms with van der Waals surface area (Å²) in [7, 11) is 0. The van der Waals surface area contributed by atoms with Crippen molar-refractivity contribution in [3.63, 3.8) is 0 Å². The monoisotopic (exact) mass is 338 g/mol. The zero-order chi connectivity index (χ0) is 8.31. The summed E-state index contributed by atoms with van der Waals surface area (Å²) in [6.45, 7) is 14.5. The van der Waals surface area contributed by atoms with Gasteiger partial charge in [0.2, 0.25) is 0 Å². The van der Waals surface area contributed by atoms with E-state index >= 15 is 0 Å². The van der Waals surface area contributed by atoms with Crippen LogP contribution < -0.4 is 0 Å². The van der Waals surface area contributed by atoms with E-state index in [2.05, 4.69) is 41.5 Å². The summed E-state index contributed by atoms with van der Waals surface area (Å²) < 4.78 is 3.17. The van der Waals surface area contributed by atoms with Crippen LogP contribution in [0.15, 0.2) is 0 Å². The molecular formula is C9H22Pb. The van der Waals surface area contributed by atoms with Crippen molar-refractivity contribution in [1.29, 1.82) is 0 Å². The second-order valence-electron chi connectivity index (χ2n) is 4.31. The summed E-state index contributed by atoms with van der Waals surface area (Å²) in [6.07, 6.45) is 0. The molecule has 0 aliphatic heterocycles. The van der Waals surface area contributed by atoms with Gasteiger partial charge < -0.3 is 0 Å². The Morgan fingerprint density at radius 3 is 0.800 bits per heavy atom. The fourth-order valence-electron chi connectivity index (χ4n) is 2.31. The van der Waals surface area contributed by atoms with E-state index in [1.54, 1.807) is 0 Å². The Morgan fingerprint density at radius 1 is 0.600 bits per heavy atom. The average Bonchev–Trinajstić information content (AvgIpc) is 1.59. The molecule has 0 saturated carbocycles. The third kappa shape index (κ3) is 3.35. The van der Waals surface area contributed by atoms with Gasteiger partial charge in [0, 0.05) is 0 Å². The first kappa shape index (κ1) is 10.9. The third-order valence-electron chi connectivity index (χ3n) is 2.31. The molecular weight excluding hydrogens is 315 g/mol. The summed E-state index contributed by atoms with van der Waals surface area (Å²) in [6, 6.07) is 0. The van der Waals surface area contributed by atoms with E-state index in [1.165, 1.54) is 0 Å².